The van der Waals surface area contributed by atoms with Gasteiger partial charge >= 0.3 is 0 Å². The highest BCUT2D eigenvalue weighted by atomic mass is 13.9. The molecule has 1 unspecified atom stereocenters. The molecule has 0 N–H and O–H groups in total. The molecule has 1 aliphatic carbocycles. The van der Waals surface area contributed by atoms with E-state index in [4.69, 9.17) is 4.11 Å². The van der Waals surface area contributed by atoms with Crippen LogP contribution in [0.3, 0.4) is 0 Å². The Morgan fingerprint density at radius 1 is 1.50 bits per heavy atom. The van der Waals surface area contributed by atoms with Crippen LogP contribution in [-0.2, 0) is 0 Å². The van der Waals surface area contributed by atoms with E-state index >= 15 is 0 Å². The van der Waals surface area contributed by atoms with E-state index in [2.05, 4.69) is 11.8 Å². The second-order valence-electron chi connectivity index (χ2n) is 1.19. The van der Waals surface area contributed by atoms with Gasteiger partial charge in [-0.1, -0.05) is 0 Å². The predicted molar refractivity (Wildman–Crippen MR) is 26.2 cm³/mol. The zero-order chi connectivity index (χ0) is 6.91. The van der Waals surface area contributed by atoms with Crippen LogP contribution >= 0.6 is 0 Å². The van der Waals surface area contributed by atoms with E-state index in [1.54, 1.807) is 0 Å². The van der Waals surface area contributed by atoms with E-state index in [1.807, 2.05) is 0 Å². The third kappa shape index (κ3) is 0.755. The molecule has 0 spiro atoms. The van der Waals surface area contributed by atoms with E-state index in [0.717, 1.165) is 0 Å². The summed E-state index contributed by atoms with van der Waals surface area (Å²) in [6, 6.07) is 0. The van der Waals surface area contributed by atoms with Crippen LogP contribution in [0.5, 0.6) is 0 Å². The molecule has 0 aliphatic heterocycles. The summed E-state index contributed by atoms with van der Waals surface area (Å²) >= 11 is 0. The molecule has 0 amide bonds. The van der Waals surface area contributed by atoms with Crippen molar-refractivity contribution in [1.82, 2.24) is 0 Å². The van der Waals surface area contributed by atoms with Crippen LogP contribution in [0.2, 0.25) is 0 Å². The molecule has 0 saturated carbocycles. The van der Waals surface area contributed by atoms with Crippen molar-refractivity contribution in [1.29, 1.82) is 0 Å². The molecule has 0 aromatic carbocycles. The van der Waals surface area contributed by atoms with Gasteiger partial charge < -0.3 is 0 Å². The van der Waals surface area contributed by atoms with Gasteiger partial charge in [0.2, 0.25) is 0 Å². The van der Waals surface area contributed by atoms with Gasteiger partial charge in [0.15, 0.2) is 0 Å². The van der Waals surface area contributed by atoms with Crippen LogP contribution in [0.1, 0.15) is 29.7 Å². The third-order valence-electron chi connectivity index (χ3n) is 0.676. The SMILES string of the molecule is [2H]C1CCC#CC1([2H])[2H]. The van der Waals surface area contributed by atoms with E-state index in [1.165, 1.54) is 0 Å². The molecule has 0 radical (unpaired) electrons. The van der Waals surface area contributed by atoms with Crippen molar-refractivity contribution >= 4 is 0 Å². The van der Waals surface area contributed by atoms with Gasteiger partial charge in [-0.15, -0.1) is 11.8 Å². The smallest absolute Gasteiger partial charge is 0.0402 e. The van der Waals surface area contributed by atoms with Gasteiger partial charge in [-0.05, 0) is 12.8 Å². The average Bonchev–Trinajstić information content (AvgIpc) is 1.77. The fourth-order valence-electron chi connectivity index (χ4n) is 0.381. The monoisotopic (exact) mass is 83.1 g/mol. The first-order valence-corrected chi connectivity index (χ1v) is 2.05. The van der Waals surface area contributed by atoms with Crippen molar-refractivity contribution in [2.24, 2.45) is 0 Å². The summed E-state index contributed by atoms with van der Waals surface area (Å²) in [4.78, 5) is 0. The molecular weight excluding hydrogens is 72.1 g/mol. The lowest BCUT2D eigenvalue weighted by atomic mass is 10.1. The molecule has 1 atom stereocenters. The fourth-order valence-corrected chi connectivity index (χ4v) is 0.381. The second kappa shape index (κ2) is 1.87. The molecule has 0 aromatic rings. The second-order valence-corrected chi connectivity index (χ2v) is 1.19. The molecule has 6 heavy (non-hydrogen) atoms. The van der Waals surface area contributed by atoms with E-state index in [9.17, 15) is 0 Å². The molecular formula is C6H8. The lowest BCUT2D eigenvalue weighted by Crippen LogP contribution is -1.77. The summed E-state index contributed by atoms with van der Waals surface area (Å²) in [7, 11) is 0. The van der Waals surface area contributed by atoms with Crippen LogP contribution in [0, 0.1) is 11.8 Å². The maximum Gasteiger partial charge on any atom is 0.0402 e. The van der Waals surface area contributed by atoms with Crippen molar-refractivity contribution in [3.05, 3.63) is 0 Å². The highest BCUT2D eigenvalue weighted by Gasteiger charge is 1.86. The topological polar surface area (TPSA) is 0 Å². The Morgan fingerprint density at radius 3 is 3.00 bits per heavy atom. The summed E-state index contributed by atoms with van der Waals surface area (Å²) in [5.74, 6) is 5.06. The zero-order valence-corrected chi connectivity index (χ0v) is 3.49. The molecule has 0 nitrogen and oxygen atoms in total. The van der Waals surface area contributed by atoms with E-state index in [0.29, 0.717) is 12.8 Å². The van der Waals surface area contributed by atoms with Crippen molar-refractivity contribution < 1.29 is 4.11 Å². The Labute approximate surface area is 42.8 Å². The summed E-state index contributed by atoms with van der Waals surface area (Å²) < 4.78 is 21.5. The summed E-state index contributed by atoms with van der Waals surface area (Å²) in [5.41, 5.74) is 0. The summed E-state index contributed by atoms with van der Waals surface area (Å²) in [6.45, 7) is 0. The summed E-state index contributed by atoms with van der Waals surface area (Å²) in [6.07, 6.45) is -0.954. The van der Waals surface area contributed by atoms with Gasteiger partial charge in [-0.2, -0.15) is 0 Å². The normalized spacial score (nSPS) is 46.7. The Balaban J connectivity index is 2.76. The molecule has 0 aromatic heterocycles. The first-order chi connectivity index (χ1) is 4.13. The highest BCUT2D eigenvalue weighted by Crippen LogP contribution is 2.01. The van der Waals surface area contributed by atoms with Gasteiger partial charge in [-0.25, -0.2) is 0 Å². The number of hydrogen-bond donors (Lipinski definition) is 0. The Morgan fingerprint density at radius 2 is 2.50 bits per heavy atom. The first kappa shape index (κ1) is 1.58. The Kier molecular flexibility index (Phi) is 0.492. The van der Waals surface area contributed by atoms with Crippen LogP contribution in [0.25, 0.3) is 0 Å². The molecule has 0 bridgehead atoms. The Hall–Kier alpha value is -0.440. The average molecular weight is 83.1 g/mol. The minimum absolute atomic E-state index is 0.569. The predicted octanol–water partition coefficient (Wildman–Crippen LogP) is 1.56. The fraction of sp³-hybridized carbons (Fsp3) is 0.667. The molecule has 0 saturated heterocycles. The lowest BCUT2D eigenvalue weighted by molar-refractivity contribution is 0.763. The standard InChI is InChI=1S/C6H8/c1-2-4-6-5-3-1/h1-4H2/i1D,3D2. The van der Waals surface area contributed by atoms with Gasteiger partial charge in [0, 0.05) is 16.9 Å². The van der Waals surface area contributed by atoms with Crippen LogP contribution in [0.4, 0.5) is 0 Å². The molecule has 32 valence electrons. The highest BCUT2D eigenvalue weighted by molar-refractivity contribution is 5.01. The van der Waals surface area contributed by atoms with E-state index < -0.39 is 12.8 Å². The maximum atomic E-state index is 7.20. The van der Waals surface area contributed by atoms with Crippen molar-refractivity contribution in [3.63, 3.8) is 0 Å². The van der Waals surface area contributed by atoms with Crippen molar-refractivity contribution in [3.8, 4) is 11.8 Å². The molecule has 1 rings (SSSR count). The zero-order valence-electron chi connectivity index (χ0n) is 6.49. The lowest BCUT2D eigenvalue weighted by Gasteiger charge is -1.92. The number of hydrogen-bond acceptors (Lipinski definition) is 0. The van der Waals surface area contributed by atoms with E-state index in [-0.39, 0.29) is 0 Å². The van der Waals surface area contributed by atoms with Gasteiger partial charge in [0.25, 0.3) is 0 Å². The van der Waals surface area contributed by atoms with Gasteiger partial charge in [-0.3, -0.25) is 0 Å². The summed E-state index contributed by atoms with van der Waals surface area (Å²) in [5, 5.41) is 0. The van der Waals surface area contributed by atoms with Crippen LogP contribution in [-0.4, -0.2) is 0 Å². The van der Waals surface area contributed by atoms with Crippen molar-refractivity contribution in [2.45, 2.75) is 25.6 Å². The number of rotatable bonds is 0. The Bertz CT molecular complexity index is 163. The van der Waals surface area contributed by atoms with Gasteiger partial charge in [0.1, 0.15) is 0 Å². The minimum atomic E-state index is -1.56. The molecule has 0 heterocycles. The quantitative estimate of drug-likeness (QED) is 0.390. The minimum Gasteiger partial charge on any atom is -0.103 e. The van der Waals surface area contributed by atoms with Crippen LogP contribution < -0.4 is 0 Å². The molecule has 1 aliphatic rings. The third-order valence-corrected chi connectivity index (χ3v) is 0.676. The largest absolute Gasteiger partial charge is 0.103 e. The first-order valence-electron chi connectivity index (χ1n) is 3.63. The molecule has 0 heteroatoms. The maximum absolute atomic E-state index is 7.20. The van der Waals surface area contributed by atoms with Gasteiger partial charge in [0.05, 0.1) is 0 Å². The molecule has 0 fully saturated rings. The van der Waals surface area contributed by atoms with Crippen molar-refractivity contribution in [2.75, 3.05) is 0 Å². The van der Waals surface area contributed by atoms with Crippen LogP contribution in [0.15, 0.2) is 0 Å².